The van der Waals surface area contributed by atoms with Crippen molar-refractivity contribution in [2.45, 2.75) is 0 Å². The monoisotopic (exact) mass is 689 g/mol. The number of imidazole rings is 1. The molecule has 11 rings (SSSR count). The van der Waals surface area contributed by atoms with Crippen LogP contribution in [-0.4, -0.2) is 23.9 Å². The van der Waals surface area contributed by atoms with E-state index in [1.165, 1.54) is 10.8 Å². The molecular weight excluding hydrogens is 659 g/mol. The Morgan fingerprint density at radius 3 is 1.61 bits per heavy atom. The first-order valence-electron chi connectivity index (χ1n) is 18.2. The fraction of sp³-hybridized carbons (Fsp3) is 0. The minimum Gasteiger partial charge on any atom is -0.279 e. The molecule has 4 aromatic heterocycles. The third-order valence-electron chi connectivity index (χ3n) is 10.5. The van der Waals surface area contributed by atoms with E-state index in [0.29, 0.717) is 0 Å². The van der Waals surface area contributed by atoms with Crippen LogP contribution < -0.4 is 0 Å². The van der Waals surface area contributed by atoms with Gasteiger partial charge in [0.25, 0.3) is 0 Å². The lowest BCUT2D eigenvalue weighted by molar-refractivity contribution is 0.979. The zero-order valence-corrected chi connectivity index (χ0v) is 29.1. The molecule has 0 aliphatic heterocycles. The highest BCUT2D eigenvalue weighted by Crippen LogP contribution is 2.38. The number of hydrogen-bond donors (Lipinski definition) is 0. The minimum atomic E-state index is 0.819. The average molecular weight is 690 g/mol. The quantitative estimate of drug-likeness (QED) is 0.181. The van der Waals surface area contributed by atoms with E-state index in [1.54, 1.807) is 0 Å². The second-order valence-corrected chi connectivity index (χ2v) is 13.7. The van der Waals surface area contributed by atoms with Gasteiger partial charge in [-0.25, -0.2) is 15.0 Å². The zero-order valence-electron chi connectivity index (χ0n) is 29.1. The number of hydrogen-bond acceptors (Lipinski definition) is 3. The summed E-state index contributed by atoms with van der Waals surface area (Å²) >= 11 is 0. The van der Waals surface area contributed by atoms with Gasteiger partial charge >= 0.3 is 0 Å². The average Bonchev–Trinajstić information content (AvgIpc) is 3.80. The first-order chi connectivity index (χ1) is 26.8. The van der Waals surface area contributed by atoms with Gasteiger partial charge in [0.1, 0.15) is 5.65 Å². The molecule has 5 heteroatoms. The number of rotatable bonds is 5. The van der Waals surface area contributed by atoms with Crippen molar-refractivity contribution < 1.29 is 0 Å². The third-order valence-corrected chi connectivity index (χ3v) is 10.5. The summed E-state index contributed by atoms with van der Waals surface area (Å²) in [5.41, 5.74) is 14.6. The van der Waals surface area contributed by atoms with Crippen molar-refractivity contribution in [1.29, 1.82) is 0 Å². The van der Waals surface area contributed by atoms with Gasteiger partial charge in [-0.15, -0.1) is 0 Å². The standard InChI is InChI=1S/C49H31N5/c1-3-14-32(15-4-1)43-30-37(31-44(50-43)33-16-5-2-6-17-33)35-19-13-18-34(28-35)36-26-27-46-40(29-36)38-20-8-11-24-45(38)53(46)49-52-41-22-9-7-21-39(41)48-51-42-23-10-12-25-47(42)54(48)49/h1-31H. The highest BCUT2D eigenvalue weighted by Gasteiger charge is 2.20. The van der Waals surface area contributed by atoms with Gasteiger partial charge in [0, 0.05) is 27.3 Å². The van der Waals surface area contributed by atoms with Crippen molar-refractivity contribution in [1.82, 2.24) is 23.9 Å². The third kappa shape index (κ3) is 4.83. The number of fused-ring (bicyclic) bond motifs is 8. The summed E-state index contributed by atoms with van der Waals surface area (Å²) in [5, 5.41) is 3.37. The second-order valence-electron chi connectivity index (χ2n) is 13.7. The molecule has 54 heavy (non-hydrogen) atoms. The molecule has 0 aliphatic carbocycles. The van der Waals surface area contributed by atoms with Crippen LogP contribution in [0.3, 0.4) is 0 Å². The summed E-state index contributed by atoms with van der Waals surface area (Å²) in [6.45, 7) is 0. The predicted molar refractivity (Wildman–Crippen MR) is 222 cm³/mol. The van der Waals surface area contributed by atoms with Crippen LogP contribution in [0.4, 0.5) is 0 Å². The fourth-order valence-electron chi connectivity index (χ4n) is 7.93. The van der Waals surface area contributed by atoms with Gasteiger partial charge in [-0.05, 0) is 82.9 Å². The lowest BCUT2D eigenvalue weighted by Gasteiger charge is -2.13. The van der Waals surface area contributed by atoms with Gasteiger partial charge in [-0.3, -0.25) is 8.97 Å². The molecule has 0 spiro atoms. The Hall–Kier alpha value is -7.37. The summed E-state index contributed by atoms with van der Waals surface area (Å²) in [5.74, 6) is 0.819. The molecule has 0 bridgehead atoms. The molecule has 7 aromatic carbocycles. The lowest BCUT2D eigenvalue weighted by Crippen LogP contribution is -2.06. The van der Waals surface area contributed by atoms with Gasteiger partial charge < -0.3 is 0 Å². The largest absolute Gasteiger partial charge is 0.279 e. The minimum absolute atomic E-state index is 0.819. The number of para-hydroxylation sites is 4. The summed E-state index contributed by atoms with van der Waals surface area (Å²) in [4.78, 5) is 15.6. The Morgan fingerprint density at radius 1 is 0.315 bits per heavy atom. The molecule has 4 heterocycles. The summed E-state index contributed by atoms with van der Waals surface area (Å²) in [6, 6.07) is 66.1. The Balaban J connectivity index is 1.09. The molecule has 0 unspecified atom stereocenters. The van der Waals surface area contributed by atoms with E-state index in [4.69, 9.17) is 15.0 Å². The number of benzene rings is 7. The van der Waals surface area contributed by atoms with Gasteiger partial charge in [-0.1, -0.05) is 127 Å². The molecule has 0 atom stereocenters. The van der Waals surface area contributed by atoms with Crippen LogP contribution in [0.15, 0.2) is 188 Å². The van der Waals surface area contributed by atoms with Crippen LogP contribution in [0, 0.1) is 0 Å². The highest BCUT2D eigenvalue weighted by molar-refractivity contribution is 6.11. The maximum Gasteiger partial charge on any atom is 0.221 e. The van der Waals surface area contributed by atoms with Crippen molar-refractivity contribution in [2.75, 3.05) is 0 Å². The lowest BCUT2D eigenvalue weighted by atomic mass is 9.96. The van der Waals surface area contributed by atoms with Crippen LogP contribution in [-0.2, 0) is 0 Å². The Labute approximate surface area is 311 Å². The van der Waals surface area contributed by atoms with E-state index in [1.807, 2.05) is 24.3 Å². The number of aromatic nitrogens is 5. The van der Waals surface area contributed by atoms with E-state index in [9.17, 15) is 0 Å². The van der Waals surface area contributed by atoms with Gasteiger partial charge in [0.2, 0.25) is 5.95 Å². The van der Waals surface area contributed by atoms with Gasteiger partial charge in [0.05, 0.1) is 39.0 Å². The topological polar surface area (TPSA) is 48.0 Å². The highest BCUT2D eigenvalue weighted by atomic mass is 15.2. The van der Waals surface area contributed by atoms with Crippen molar-refractivity contribution in [3.8, 4) is 50.7 Å². The molecule has 0 radical (unpaired) electrons. The maximum absolute atomic E-state index is 5.33. The van der Waals surface area contributed by atoms with Crippen LogP contribution >= 0.6 is 0 Å². The smallest absolute Gasteiger partial charge is 0.221 e. The molecule has 0 fully saturated rings. The first kappa shape index (κ1) is 30.3. The number of pyridine rings is 1. The molecule has 0 saturated heterocycles. The number of nitrogens with zero attached hydrogens (tertiary/aromatic N) is 5. The molecule has 5 nitrogen and oxygen atoms in total. The Kier molecular flexibility index (Phi) is 6.79. The van der Waals surface area contributed by atoms with Crippen LogP contribution in [0.5, 0.6) is 0 Å². The van der Waals surface area contributed by atoms with Crippen molar-refractivity contribution in [2.24, 2.45) is 0 Å². The maximum atomic E-state index is 5.33. The van der Waals surface area contributed by atoms with E-state index in [0.717, 1.165) is 89.3 Å². The van der Waals surface area contributed by atoms with Crippen molar-refractivity contribution >= 4 is 49.4 Å². The van der Waals surface area contributed by atoms with Crippen LogP contribution in [0.1, 0.15) is 0 Å². The summed E-state index contributed by atoms with van der Waals surface area (Å²) < 4.78 is 4.51. The van der Waals surface area contributed by atoms with Crippen molar-refractivity contribution in [3.05, 3.63) is 188 Å². The Morgan fingerprint density at radius 2 is 0.870 bits per heavy atom. The van der Waals surface area contributed by atoms with Crippen LogP contribution in [0.2, 0.25) is 0 Å². The molecule has 11 aromatic rings. The molecule has 0 saturated carbocycles. The molecule has 252 valence electrons. The Bertz CT molecular complexity index is 3160. The van der Waals surface area contributed by atoms with Gasteiger partial charge in [-0.2, -0.15) is 0 Å². The normalized spacial score (nSPS) is 11.7. The van der Waals surface area contributed by atoms with Crippen molar-refractivity contribution in [3.63, 3.8) is 0 Å². The molecule has 0 N–H and O–H groups in total. The molecular formula is C49H31N5. The summed E-state index contributed by atoms with van der Waals surface area (Å²) in [7, 11) is 0. The molecule has 0 amide bonds. The fourth-order valence-corrected chi connectivity index (χ4v) is 7.93. The van der Waals surface area contributed by atoms with E-state index in [2.05, 4.69) is 173 Å². The SMILES string of the molecule is c1ccc(-c2cc(-c3cccc(-c4ccc5c(c4)c4ccccc4n5-c4nc5ccccc5c5nc6ccccc6n45)c3)cc(-c3ccccc3)n2)cc1. The van der Waals surface area contributed by atoms with E-state index >= 15 is 0 Å². The predicted octanol–water partition coefficient (Wildman–Crippen LogP) is 12.2. The molecule has 0 aliphatic rings. The van der Waals surface area contributed by atoms with Gasteiger partial charge in [0.15, 0.2) is 0 Å². The zero-order chi connectivity index (χ0) is 35.6. The second kappa shape index (κ2) is 12.1. The first-order valence-corrected chi connectivity index (χ1v) is 18.2. The summed E-state index contributed by atoms with van der Waals surface area (Å²) in [6.07, 6.45) is 0. The van der Waals surface area contributed by atoms with E-state index < -0.39 is 0 Å². The van der Waals surface area contributed by atoms with Crippen LogP contribution in [0.25, 0.3) is 100 Å². The van der Waals surface area contributed by atoms with E-state index in [-0.39, 0.29) is 0 Å².